The molecule has 8 heterocycles. The molecule has 0 spiro atoms. The topological polar surface area (TPSA) is 292 Å². The first kappa shape index (κ1) is 76.9. The van der Waals surface area contributed by atoms with Crippen molar-refractivity contribution in [2.45, 2.75) is 247 Å². The smallest absolute Gasteiger partial charge is 0.408 e. The summed E-state index contributed by atoms with van der Waals surface area (Å²) < 4.78 is 48.3. The van der Waals surface area contributed by atoms with Gasteiger partial charge < -0.3 is 67.3 Å². The van der Waals surface area contributed by atoms with Crippen molar-refractivity contribution in [3.8, 4) is 23.3 Å². The van der Waals surface area contributed by atoms with E-state index >= 15 is 0 Å². The van der Waals surface area contributed by atoms with Gasteiger partial charge in [0.2, 0.25) is 35.4 Å². The number of oxazole rings is 2. The molecule has 6 aliphatic rings. The Bertz CT molecular complexity index is 3880. The Balaban J connectivity index is 0.000000229. The number of amides is 4. The predicted octanol–water partition coefficient (Wildman–Crippen LogP) is 12.0. The van der Waals surface area contributed by atoms with Crippen LogP contribution >= 0.6 is 0 Å². The fraction of sp³-hybridized carbons (Fsp3) is 0.622. The Hall–Kier alpha value is -7.27. The summed E-state index contributed by atoms with van der Waals surface area (Å²) in [5, 5.41) is 5.75. The predicted molar refractivity (Wildman–Crippen MR) is 361 cm³/mol. The van der Waals surface area contributed by atoms with E-state index in [0.29, 0.717) is 94.3 Å². The molecule has 2 aliphatic carbocycles. The van der Waals surface area contributed by atoms with Crippen LogP contribution in [0.5, 0.6) is 23.3 Å². The van der Waals surface area contributed by atoms with Crippen LogP contribution in [-0.2, 0) is 91.8 Å². The number of aryl methyl sites for hydroxylation is 4. The Morgan fingerprint density at radius 3 is 1.41 bits per heavy atom. The Morgan fingerprint density at radius 1 is 0.570 bits per heavy atom. The van der Waals surface area contributed by atoms with E-state index in [1.165, 1.54) is 9.80 Å². The molecule has 4 aliphatic heterocycles. The van der Waals surface area contributed by atoms with Crippen molar-refractivity contribution in [2.75, 3.05) is 13.1 Å². The van der Waals surface area contributed by atoms with E-state index in [2.05, 4.69) is 33.2 Å². The number of carbonyl (C=O) groups excluding carboxylic acids is 6. The molecule has 2 saturated carbocycles. The molecule has 24 nitrogen and oxygen atoms in total. The third-order valence-electron chi connectivity index (χ3n) is 20.7. The zero-order chi connectivity index (χ0) is 69.8. The summed E-state index contributed by atoms with van der Waals surface area (Å²) >= 11 is 0. The molecule has 2 radical (unpaired) electrons. The van der Waals surface area contributed by atoms with Crippen LogP contribution in [0.1, 0.15) is 194 Å². The number of ether oxygens (including phenoxy) is 6. The number of alkyl carbamates (subject to hydrolysis) is 2. The van der Waals surface area contributed by atoms with Crippen LogP contribution in [0.25, 0.3) is 22.1 Å². The number of rotatable bonds is 10. The van der Waals surface area contributed by atoms with Crippen molar-refractivity contribution in [3.05, 3.63) is 83.5 Å². The third kappa shape index (κ3) is 17.8. The zero-order valence-corrected chi connectivity index (χ0v) is 62.5. The number of benzene rings is 2. The standard InChI is InChI=1S/C38H50N5O7.C36H46N5O7.2V/c1-7-26-30(21-44)43-20-31(26)49-34-28(40-27-16-15-25(18-29(27)41-34)47-22-32-39-19-23(2)48-32)14-10-8-9-12-24-13-11-17-38(24,6)50-36(46)42-33(35(43)45)37(3,4)5;1-7-24-28(19-42)41-18-29(24)47-32-26(38-25-14-13-23(15-27(25)39-32)45-20-30-37-17-21(2)46-30)12-10-8-9-11-22-16-36(22,6)48-34(44)40-31(33(41)43)35(3,4)5;;/h15-16,18-19,24,26,30-31,33H,7-14,17,20,22H2,1-6H3,(H,42,46);13-15,17,22,24,28-29,31H,7-12,16,18,20H2,1-6H3,(H,40,44);;/q2*-1;;/t24-,26+,30-,31+,33-,38-;22-,24+,28-,29+,31-,36-;;/m11../s1. The van der Waals surface area contributed by atoms with Crippen molar-refractivity contribution in [1.29, 1.82) is 0 Å². The molecule has 0 unspecified atom stereocenters. The second kappa shape index (κ2) is 32.4. The van der Waals surface area contributed by atoms with Gasteiger partial charge in [-0.05, 0) is 145 Å². The molecule has 2 N–H and O–H groups in total. The molecule has 4 fully saturated rings. The first-order valence-electron chi connectivity index (χ1n) is 35.1. The van der Waals surface area contributed by atoms with Crippen molar-refractivity contribution in [2.24, 2.45) is 34.5 Å². The SMILES string of the molecule is CC[C@@H]1[C@@H]2CN(C(=O)[C@H](C(C)(C)C)NC(=O)O[C@]3(C)CCC[C@H]3CCCCCc3nc4ccc(OCc5ncc(C)o5)cc4nc3O2)[C@@H]1[C-]=O.CC[C@@H]1[C@@H]2CN(C(=O)[C@H](C(C)(C)C)NC(=O)O[C@]3(C)C[C@H]3CCCCCc3nc4ccc(OCc5ncc(C)o5)cc4nc3O2)[C@@H]1[C-]=O.[V].[V]. The number of nitrogens with one attached hydrogen (secondary N) is 2. The number of hydrogen-bond donors (Lipinski definition) is 2. The summed E-state index contributed by atoms with van der Waals surface area (Å²) in [6, 6.07) is 7.52. The molecule has 12 atom stereocenters. The molecular weight excluding hydrogens is 1350 g/mol. The second-order valence-electron chi connectivity index (χ2n) is 30.1. The van der Waals surface area contributed by atoms with Crippen LogP contribution in [0.3, 0.4) is 0 Å². The van der Waals surface area contributed by atoms with Crippen molar-refractivity contribution < 1.29 is 103 Å². The van der Waals surface area contributed by atoms with Crippen LogP contribution in [-0.4, -0.2) is 137 Å². The number of fused-ring (bicyclic) bond motifs is 10. The first-order chi connectivity index (χ1) is 46.8. The number of nitrogens with zero attached hydrogens (tertiary/aromatic N) is 8. The Labute approximate surface area is 609 Å². The summed E-state index contributed by atoms with van der Waals surface area (Å²) in [4.78, 5) is 111. The largest absolute Gasteiger partial charge is 0.540 e. The minimum Gasteiger partial charge on any atom is -0.540 e. The molecular formula is C74H96N10O14V2-2. The van der Waals surface area contributed by atoms with Gasteiger partial charge in [-0.2, -0.15) is 0 Å². The van der Waals surface area contributed by atoms with Gasteiger partial charge in [0.15, 0.2) is 13.2 Å². The molecule has 4 amide bonds. The van der Waals surface area contributed by atoms with Crippen LogP contribution in [0.15, 0.2) is 57.6 Å². The van der Waals surface area contributed by atoms with Crippen molar-refractivity contribution >= 4 is 58.6 Å². The van der Waals surface area contributed by atoms with Crippen molar-refractivity contribution in [1.82, 2.24) is 50.3 Å². The molecule has 6 aromatic rings. The third-order valence-corrected chi connectivity index (χ3v) is 20.7. The van der Waals surface area contributed by atoms with Gasteiger partial charge in [0, 0.05) is 55.2 Å². The molecule has 4 bridgehead atoms. The van der Waals surface area contributed by atoms with Gasteiger partial charge in [-0.15, -0.1) is 0 Å². The van der Waals surface area contributed by atoms with E-state index in [9.17, 15) is 28.8 Å². The van der Waals surface area contributed by atoms with E-state index in [1.54, 1.807) is 12.4 Å². The van der Waals surface area contributed by atoms with E-state index in [0.717, 1.165) is 88.4 Å². The monoisotopic (exact) mass is 1450 g/mol. The average molecular weight is 1450 g/mol. The van der Waals surface area contributed by atoms with Gasteiger partial charge in [0.1, 0.15) is 69.9 Å². The average Bonchev–Trinajstić information content (AvgIpc) is 1.60. The second-order valence-corrected chi connectivity index (χ2v) is 30.1. The van der Waals surface area contributed by atoms with Gasteiger partial charge in [-0.25, -0.2) is 52.1 Å². The molecule has 2 aromatic carbocycles. The minimum absolute atomic E-state index is 0. The molecule has 100 heavy (non-hydrogen) atoms. The molecule has 4 aromatic heterocycles. The van der Waals surface area contributed by atoms with Gasteiger partial charge in [0.25, 0.3) is 0 Å². The maximum atomic E-state index is 14.3. The van der Waals surface area contributed by atoms with E-state index in [-0.39, 0.29) is 98.9 Å². The van der Waals surface area contributed by atoms with Crippen LogP contribution < -0.4 is 29.6 Å². The molecule has 12 rings (SSSR count). The Morgan fingerprint density at radius 2 is 1.00 bits per heavy atom. The Kier molecular flexibility index (Phi) is 24.9. The molecule has 538 valence electrons. The number of aromatic nitrogens is 6. The van der Waals surface area contributed by atoms with Gasteiger partial charge in [0.05, 0.1) is 47.6 Å². The van der Waals surface area contributed by atoms with E-state index in [1.807, 2.05) is 119 Å². The minimum atomic E-state index is -0.931. The summed E-state index contributed by atoms with van der Waals surface area (Å²) in [5.41, 5.74) is 1.62. The van der Waals surface area contributed by atoms with Gasteiger partial charge in [-0.3, -0.25) is 9.59 Å². The maximum Gasteiger partial charge on any atom is 0.408 e. The molecule has 26 heteroatoms. The fourth-order valence-electron chi connectivity index (χ4n) is 14.9. The summed E-state index contributed by atoms with van der Waals surface area (Å²) in [6.07, 6.45) is 18.8. The summed E-state index contributed by atoms with van der Waals surface area (Å²) in [5.74, 6) is 3.40. The fourth-order valence-corrected chi connectivity index (χ4v) is 14.9. The van der Waals surface area contributed by atoms with E-state index < -0.39 is 70.6 Å². The van der Waals surface area contributed by atoms with Crippen LogP contribution in [0.2, 0.25) is 0 Å². The van der Waals surface area contributed by atoms with Crippen molar-refractivity contribution in [3.63, 3.8) is 0 Å². The first-order valence-corrected chi connectivity index (χ1v) is 35.1. The zero-order valence-electron chi connectivity index (χ0n) is 59.7. The van der Waals surface area contributed by atoms with Crippen LogP contribution in [0, 0.1) is 48.3 Å². The maximum absolute atomic E-state index is 14.3. The van der Waals surface area contributed by atoms with Gasteiger partial charge in [-0.1, -0.05) is 106 Å². The normalized spacial score (nSPS) is 27.6. The summed E-state index contributed by atoms with van der Waals surface area (Å²) in [7, 11) is 0. The number of carbonyl (C=O) groups is 4. The summed E-state index contributed by atoms with van der Waals surface area (Å²) in [6.45, 7) is 23.5. The number of hydrogen-bond acceptors (Lipinski definition) is 20. The van der Waals surface area contributed by atoms with E-state index in [4.69, 9.17) is 57.2 Å². The van der Waals surface area contributed by atoms with Gasteiger partial charge >= 0.3 is 12.2 Å². The van der Waals surface area contributed by atoms with Crippen LogP contribution in [0.4, 0.5) is 9.59 Å². The molecule has 2 saturated heterocycles. The quantitative estimate of drug-likeness (QED) is 0.120.